The number of furan rings is 1. The molecule has 0 unspecified atom stereocenters. The van der Waals surface area contributed by atoms with Gasteiger partial charge in [-0.1, -0.05) is 18.7 Å². The zero-order valence-electron chi connectivity index (χ0n) is 15.3. The maximum absolute atomic E-state index is 11.6. The van der Waals surface area contributed by atoms with Crippen LogP contribution < -0.4 is 5.32 Å². The van der Waals surface area contributed by atoms with Crippen molar-refractivity contribution >= 4 is 33.7 Å². The molecule has 0 radical (unpaired) electrons. The predicted octanol–water partition coefficient (Wildman–Crippen LogP) is 5.16. The number of rotatable bonds is 4. The first-order valence-electron chi connectivity index (χ1n) is 9.06. The van der Waals surface area contributed by atoms with Gasteiger partial charge in [0.1, 0.15) is 5.65 Å². The van der Waals surface area contributed by atoms with Crippen LogP contribution in [0.25, 0.3) is 44.4 Å². The van der Waals surface area contributed by atoms with E-state index in [1.165, 1.54) is 6.08 Å². The highest BCUT2D eigenvalue weighted by molar-refractivity contribution is 6.03. The number of fused-ring (bicyclic) bond motifs is 2. The fourth-order valence-corrected chi connectivity index (χ4v) is 3.46. The number of nitrogens with one attached hydrogen (secondary N) is 2. The molecule has 29 heavy (non-hydrogen) atoms. The summed E-state index contributed by atoms with van der Waals surface area (Å²) in [6, 6.07) is 13.6. The summed E-state index contributed by atoms with van der Waals surface area (Å²) in [7, 11) is 0. The molecule has 0 saturated carbocycles. The van der Waals surface area contributed by atoms with Crippen LogP contribution in [-0.2, 0) is 4.79 Å². The Labute approximate surface area is 165 Å². The van der Waals surface area contributed by atoms with E-state index in [2.05, 4.69) is 32.9 Å². The molecular weight excluding hydrogens is 364 g/mol. The summed E-state index contributed by atoms with van der Waals surface area (Å²) in [6.07, 6.45) is 8.39. The number of pyridine rings is 2. The minimum Gasteiger partial charge on any atom is -0.446 e. The number of anilines is 1. The molecule has 140 valence electrons. The van der Waals surface area contributed by atoms with Gasteiger partial charge in [0, 0.05) is 46.2 Å². The number of carbonyl (C=O) groups is 1. The van der Waals surface area contributed by atoms with Crippen molar-refractivity contribution in [3.05, 3.63) is 80.0 Å². The number of hydrogen-bond acceptors (Lipinski definition) is 4. The fourth-order valence-electron chi connectivity index (χ4n) is 3.46. The van der Waals surface area contributed by atoms with Crippen molar-refractivity contribution in [2.75, 3.05) is 5.32 Å². The second-order valence-corrected chi connectivity index (χ2v) is 6.59. The van der Waals surface area contributed by atoms with E-state index < -0.39 is 0 Å². The Morgan fingerprint density at radius 3 is 2.90 bits per heavy atom. The van der Waals surface area contributed by atoms with Crippen molar-refractivity contribution in [2.24, 2.45) is 0 Å². The first-order chi connectivity index (χ1) is 14.2. The number of benzene rings is 1. The van der Waals surface area contributed by atoms with E-state index in [1.54, 1.807) is 12.5 Å². The van der Waals surface area contributed by atoms with Gasteiger partial charge in [0.15, 0.2) is 0 Å². The molecule has 0 bridgehead atoms. The highest BCUT2D eigenvalue weighted by Gasteiger charge is 2.13. The van der Waals surface area contributed by atoms with Crippen LogP contribution in [0.2, 0.25) is 0 Å². The van der Waals surface area contributed by atoms with E-state index in [0.717, 1.165) is 38.7 Å². The lowest BCUT2D eigenvalue weighted by Gasteiger charge is -2.07. The molecule has 6 heteroatoms. The molecule has 0 fully saturated rings. The van der Waals surface area contributed by atoms with Gasteiger partial charge >= 0.3 is 0 Å². The van der Waals surface area contributed by atoms with Crippen molar-refractivity contribution in [3.8, 4) is 22.3 Å². The van der Waals surface area contributed by atoms with Gasteiger partial charge in [0.05, 0.1) is 6.26 Å². The molecule has 0 aliphatic carbocycles. The number of hydrogen-bond donors (Lipinski definition) is 2. The van der Waals surface area contributed by atoms with E-state index in [1.807, 2.05) is 48.8 Å². The van der Waals surface area contributed by atoms with Crippen LogP contribution in [0.3, 0.4) is 0 Å². The quantitative estimate of drug-likeness (QED) is 0.422. The topological polar surface area (TPSA) is 83.8 Å². The maximum Gasteiger partial charge on any atom is 0.247 e. The third-order valence-electron chi connectivity index (χ3n) is 4.84. The van der Waals surface area contributed by atoms with Crippen molar-refractivity contribution in [2.45, 2.75) is 0 Å². The van der Waals surface area contributed by atoms with Crippen LogP contribution in [0.15, 0.2) is 84.4 Å². The summed E-state index contributed by atoms with van der Waals surface area (Å²) in [4.78, 5) is 23.7. The Morgan fingerprint density at radius 1 is 1.07 bits per heavy atom. The van der Waals surface area contributed by atoms with Crippen LogP contribution in [-0.4, -0.2) is 20.9 Å². The van der Waals surface area contributed by atoms with E-state index in [9.17, 15) is 4.79 Å². The van der Waals surface area contributed by atoms with Gasteiger partial charge in [-0.3, -0.25) is 4.79 Å². The van der Waals surface area contributed by atoms with E-state index in [0.29, 0.717) is 11.4 Å². The van der Waals surface area contributed by atoms with Crippen molar-refractivity contribution in [3.63, 3.8) is 0 Å². The summed E-state index contributed by atoms with van der Waals surface area (Å²) >= 11 is 0. The molecule has 5 aromatic rings. The van der Waals surface area contributed by atoms with Crippen LogP contribution in [0.4, 0.5) is 5.69 Å². The SMILES string of the molecule is C=CC(=O)Nc1cccc(-c2cnc3[nH]cc(-c4ccnc5occc45)c3c2)c1. The van der Waals surface area contributed by atoms with Crippen molar-refractivity contribution in [1.29, 1.82) is 0 Å². The van der Waals surface area contributed by atoms with Crippen LogP contribution >= 0.6 is 0 Å². The zero-order chi connectivity index (χ0) is 19.8. The summed E-state index contributed by atoms with van der Waals surface area (Å²) < 4.78 is 5.44. The first-order valence-corrected chi connectivity index (χ1v) is 9.06. The van der Waals surface area contributed by atoms with Gasteiger partial charge < -0.3 is 14.7 Å². The third-order valence-corrected chi connectivity index (χ3v) is 4.84. The molecular formula is C23H16N4O2. The van der Waals surface area contributed by atoms with E-state index in [-0.39, 0.29) is 5.91 Å². The van der Waals surface area contributed by atoms with E-state index in [4.69, 9.17) is 4.42 Å². The van der Waals surface area contributed by atoms with Crippen LogP contribution in [0.1, 0.15) is 0 Å². The van der Waals surface area contributed by atoms with Crippen LogP contribution in [0.5, 0.6) is 0 Å². The van der Waals surface area contributed by atoms with Gasteiger partial charge in [0.2, 0.25) is 11.6 Å². The Kier molecular flexibility index (Phi) is 3.95. The minimum atomic E-state index is -0.245. The van der Waals surface area contributed by atoms with Gasteiger partial charge in [-0.15, -0.1) is 0 Å². The normalized spacial score (nSPS) is 11.0. The molecule has 1 amide bonds. The number of aromatic nitrogens is 3. The molecule has 0 saturated heterocycles. The second-order valence-electron chi connectivity index (χ2n) is 6.59. The molecule has 6 nitrogen and oxygen atoms in total. The number of nitrogens with zero attached hydrogens (tertiary/aromatic N) is 2. The highest BCUT2D eigenvalue weighted by atomic mass is 16.3. The average Bonchev–Trinajstić information content (AvgIpc) is 3.40. The summed E-state index contributed by atoms with van der Waals surface area (Å²) in [6.45, 7) is 3.49. The van der Waals surface area contributed by atoms with Gasteiger partial charge in [-0.25, -0.2) is 9.97 Å². The molecule has 4 heterocycles. The Balaban J connectivity index is 1.62. The summed E-state index contributed by atoms with van der Waals surface area (Å²) in [5, 5.41) is 4.74. The number of carbonyl (C=O) groups excluding carboxylic acids is 1. The Bertz CT molecular complexity index is 1380. The lowest BCUT2D eigenvalue weighted by atomic mass is 10.0. The van der Waals surface area contributed by atoms with Gasteiger partial charge in [-0.05, 0) is 47.5 Å². The Hall–Kier alpha value is -4.19. The summed E-state index contributed by atoms with van der Waals surface area (Å²) in [5.74, 6) is -0.245. The largest absolute Gasteiger partial charge is 0.446 e. The monoisotopic (exact) mass is 380 g/mol. The smallest absolute Gasteiger partial charge is 0.247 e. The average molecular weight is 380 g/mol. The second kappa shape index (κ2) is 6.76. The lowest BCUT2D eigenvalue weighted by Crippen LogP contribution is -2.06. The fraction of sp³-hybridized carbons (Fsp3) is 0. The van der Waals surface area contributed by atoms with Crippen molar-refractivity contribution in [1.82, 2.24) is 15.0 Å². The Morgan fingerprint density at radius 2 is 2.00 bits per heavy atom. The molecule has 1 aromatic carbocycles. The minimum absolute atomic E-state index is 0.245. The van der Waals surface area contributed by atoms with Gasteiger partial charge in [0.25, 0.3) is 0 Å². The lowest BCUT2D eigenvalue weighted by molar-refractivity contribution is -0.111. The number of H-pyrrole nitrogens is 1. The van der Waals surface area contributed by atoms with Gasteiger partial charge in [-0.2, -0.15) is 0 Å². The highest BCUT2D eigenvalue weighted by Crippen LogP contribution is 2.35. The molecule has 4 aromatic heterocycles. The molecule has 0 spiro atoms. The number of amides is 1. The molecule has 0 atom stereocenters. The molecule has 5 rings (SSSR count). The van der Waals surface area contributed by atoms with Crippen LogP contribution in [0, 0.1) is 0 Å². The zero-order valence-corrected chi connectivity index (χ0v) is 15.3. The first kappa shape index (κ1) is 16.9. The third kappa shape index (κ3) is 2.96. The predicted molar refractivity (Wildman–Crippen MR) is 113 cm³/mol. The maximum atomic E-state index is 11.6. The van der Waals surface area contributed by atoms with Crippen molar-refractivity contribution < 1.29 is 9.21 Å². The summed E-state index contributed by atoms with van der Waals surface area (Å²) in [5.41, 5.74) is 6.07. The number of aromatic amines is 1. The molecule has 0 aliphatic rings. The standard InChI is InChI=1S/C23H16N4O2/c1-2-21(28)27-16-5-3-4-14(10-16)15-11-19-20(13-26-22(19)25-12-15)17-6-8-24-23-18(17)7-9-29-23/h2-13H,1H2,(H,25,26)(H,27,28). The molecule has 2 N–H and O–H groups in total. The van der Waals surface area contributed by atoms with E-state index >= 15 is 0 Å². The molecule has 0 aliphatic heterocycles.